The first-order chi connectivity index (χ1) is 7.61. The molecule has 96 valence electrons. The lowest BCUT2D eigenvalue weighted by atomic mass is 10.1. The average molecular weight is 278 g/mol. The SMILES string of the molecule is CCN(CC)C(C(=O)O)c1ccccc1Cl.Cl. The fourth-order valence-corrected chi connectivity index (χ4v) is 2.01. The Hall–Kier alpha value is -0.770. The van der Waals surface area contributed by atoms with Crippen molar-refractivity contribution in [3.8, 4) is 0 Å². The zero-order valence-electron chi connectivity index (χ0n) is 9.89. The Bertz CT molecular complexity index is 367. The minimum atomic E-state index is -0.864. The largest absolute Gasteiger partial charge is 0.480 e. The number of carboxylic acids is 1. The third-order valence-electron chi connectivity index (χ3n) is 2.61. The molecule has 0 aliphatic heterocycles. The van der Waals surface area contributed by atoms with E-state index in [2.05, 4.69) is 0 Å². The van der Waals surface area contributed by atoms with Gasteiger partial charge in [0.1, 0.15) is 6.04 Å². The molecule has 0 amide bonds. The van der Waals surface area contributed by atoms with Gasteiger partial charge in [0.15, 0.2) is 0 Å². The van der Waals surface area contributed by atoms with Crippen molar-refractivity contribution in [2.75, 3.05) is 13.1 Å². The third kappa shape index (κ3) is 3.87. The number of aliphatic carboxylic acids is 1. The van der Waals surface area contributed by atoms with Gasteiger partial charge in [-0.3, -0.25) is 9.69 Å². The molecule has 0 spiro atoms. The quantitative estimate of drug-likeness (QED) is 0.899. The molecular formula is C12H17Cl2NO2. The standard InChI is InChI=1S/C12H16ClNO2.ClH/c1-3-14(4-2)11(12(15)16)9-7-5-6-8-10(9)13;/h5-8,11H,3-4H2,1-2H3,(H,15,16);1H. The van der Waals surface area contributed by atoms with Crippen molar-refractivity contribution in [2.24, 2.45) is 0 Å². The van der Waals surface area contributed by atoms with Crippen LogP contribution >= 0.6 is 24.0 Å². The molecule has 1 aromatic rings. The van der Waals surface area contributed by atoms with Crippen LogP contribution < -0.4 is 0 Å². The van der Waals surface area contributed by atoms with Crippen molar-refractivity contribution < 1.29 is 9.90 Å². The molecule has 1 aromatic carbocycles. The second kappa shape index (κ2) is 7.54. The van der Waals surface area contributed by atoms with Crippen LogP contribution in [0.15, 0.2) is 24.3 Å². The summed E-state index contributed by atoms with van der Waals surface area (Å²) in [4.78, 5) is 13.2. The molecule has 0 radical (unpaired) electrons. The Labute approximate surface area is 113 Å². The molecular weight excluding hydrogens is 261 g/mol. The van der Waals surface area contributed by atoms with E-state index in [1.165, 1.54) is 0 Å². The zero-order chi connectivity index (χ0) is 12.1. The van der Waals surface area contributed by atoms with E-state index < -0.39 is 12.0 Å². The van der Waals surface area contributed by atoms with Crippen LogP contribution in [0.2, 0.25) is 5.02 Å². The van der Waals surface area contributed by atoms with E-state index in [4.69, 9.17) is 11.6 Å². The highest BCUT2D eigenvalue weighted by atomic mass is 35.5. The van der Waals surface area contributed by atoms with E-state index in [1.54, 1.807) is 24.3 Å². The van der Waals surface area contributed by atoms with E-state index in [0.29, 0.717) is 23.7 Å². The van der Waals surface area contributed by atoms with Crippen molar-refractivity contribution in [2.45, 2.75) is 19.9 Å². The minimum absolute atomic E-state index is 0. The maximum absolute atomic E-state index is 11.3. The first-order valence-electron chi connectivity index (χ1n) is 5.33. The summed E-state index contributed by atoms with van der Waals surface area (Å²) in [5, 5.41) is 9.79. The van der Waals surface area contributed by atoms with E-state index in [1.807, 2.05) is 18.7 Å². The fraction of sp³-hybridized carbons (Fsp3) is 0.417. The van der Waals surface area contributed by atoms with Crippen LogP contribution in [-0.4, -0.2) is 29.1 Å². The Morgan fingerprint density at radius 3 is 2.29 bits per heavy atom. The number of carbonyl (C=O) groups is 1. The average Bonchev–Trinajstić information content (AvgIpc) is 2.27. The summed E-state index contributed by atoms with van der Waals surface area (Å²) in [6.07, 6.45) is 0. The Morgan fingerprint density at radius 2 is 1.88 bits per heavy atom. The van der Waals surface area contributed by atoms with Gasteiger partial charge in [0.2, 0.25) is 0 Å². The molecule has 1 rings (SSSR count). The number of carboxylic acid groups (broad SMARTS) is 1. The van der Waals surface area contributed by atoms with Gasteiger partial charge in [0.05, 0.1) is 0 Å². The normalized spacial score (nSPS) is 12.0. The highest BCUT2D eigenvalue weighted by molar-refractivity contribution is 6.31. The lowest BCUT2D eigenvalue weighted by molar-refractivity contribution is -0.143. The summed E-state index contributed by atoms with van der Waals surface area (Å²) >= 11 is 6.03. The van der Waals surface area contributed by atoms with Gasteiger partial charge in [0.25, 0.3) is 0 Å². The molecule has 17 heavy (non-hydrogen) atoms. The lowest BCUT2D eigenvalue weighted by Gasteiger charge is -2.27. The molecule has 0 aliphatic rings. The fourth-order valence-electron chi connectivity index (χ4n) is 1.77. The molecule has 0 heterocycles. The van der Waals surface area contributed by atoms with Crippen LogP contribution in [0.5, 0.6) is 0 Å². The van der Waals surface area contributed by atoms with Gasteiger partial charge in [-0.15, -0.1) is 12.4 Å². The molecule has 0 fully saturated rings. The second-order valence-electron chi connectivity index (χ2n) is 3.48. The van der Waals surface area contributed by atoms with Gasteiger partial charge in [-0.25, -0.2) is 0 Å². The molecule has 0 saturated carbocycles. The van der Waals surface area contributed by atoms with E-state index >= 15 is 0 Å². The summed E-state index contributed by atoms with van der Waals surface area (Å²) < 4.78 is 0. The van der Waals surface area contributed by atoms with Crippen LogP contribution in [0.3, 0.4) is 0 Å². The van der Waals surface area contributed by atoms with Gasteiger partial charge in [0, 0.05) is 5.02 Å². The summed E-state index contributed by atoms with van der Waals surface area (Å²) in [6.45, 7) is 5.24. The number of hydrogen-bond acceptors (Lipinski definition) is 2. The van der Waals surface area contributed by atoms with Crippen LogP contribution in [-0.2, 0) is 4.79 Å². The minimum Gasteiger partial charge on any atom is -0.480 e. The molecule has 1 unspecified atom stereocenters. The molecule has 0 saturated heterocycles. The Kier molecular flexibility index (Phi) is 7.19. The number of nitrogens with zero attached hydrogens (tertiary/aromatic N) is 1. The first-order valence-corrected chi connectivity index (χ1v) is 5.70. The van der Waals surface area contributed by atoms with Gasteiger partial charge < -0.3 is 5.11 Å². The molecule has 0 bridgehead atoms. The van der Waals surface area contributed by atoms with Crippen molar-refractivity contribution in [1.29, 1.82) is 0 Å². The predicted molar refractivity (Wildman–Crippen MR) is 72.0 cm³/mol. The maximum atomic E-state index is 11.3. The van der Waals surface area contributed by atoms with Gasteiger partial charge >= 0.3 is 5.97 Å². The lowest BCUT2D eigenvalue weighted by Crippen LogP contribution is -2.34. The number of hydrogen-bond donors (Lipinski definition) is 1. The molecule has 0 aliphatic carbocycles. The summed E-state index contributed by atoms with van der Waals surface area (Å²) in [6, 6.07) is 6.42. The molecule has 3 nitrogen and oxygen atoms in total. The van der Waals surface area contributed by atoms with Crippen molar-refractivity contribution >= 4 is 30.0 Å². The number of rotatable bonds is 5. The summed E-state index contributed by atoms with van der Waals surface area (Å²) in [5.74, 6) is -0.864. The zero-order valence-corrected chi connectivity index (χ0v) is 11.5. The highest BCUT2D eigenvalue weighted by Gasteiger charge is 2.26. The number of benzene rings is 1. The Morgan fingerprint density at radius 1 is 1.35 bits per heavy atom. The number of halogens is 2. The topological polar surface area (TPSA) is 40.5 Å². The van der Waals surface area contributed by atoms with E-state index in [0.717, 1.165) is 0 Å². The first kappa shape index (κ1) is 16.2. The van der Waals surface area contributed by atoms with Crippen molar-refractivity contribution in [3.05, 3.63) is 34.9 Å². The van der Waals surface area contributed by atoms with Gasteiger partial charge in [-0.1, -0.05) is 43.6 Å². The van der Waals surface area contributed by atoms with E-state index in [9.17, 15) is 9.90 Å². The third-order valence-corrected chi connectivity index (χ3v) is 2.96. The molecule has 1 atom stereocenters. The molecule has 0 aromatic heterocycles. The van der Waals surface area contributed by atoms with Crippen molar-refractivity contribution in [3.63, 3.8) is 0 Å². The van der Waals surface area contributed by atoms with Gasteiger partial charge in [-0.05, 0) is 24.7 Å². The van der Waals surface area contributed by atoms with Crippen LogP contribution in [0.1, 0.15) is 25.5 Å². The van der Waals surface area contributed by atoms with E-state index in [-0.39, 0.29) is 12.4 Å². The highest BCUT2D eigenvalue weighted by Crippen LogP contribution is 2.27. The van der Waals surface area contributed by atoms with Crippen LogP contribution in [0.4, 0.5) is 0 Å². The maximum Gasteiger partial charge on any atom is 0.325 e. The monoisotopic (exact) mass is 277 g/mol. The summed E-state index contributed by atoms with van der Waals surface area (Å²) in [7, 11) is 0. The van der Waals surface area contributed by atoms with Gasteiger partial charge in [-0.2, -0.15) is 0 Å². The van der Waals surface area contributed by atoms with Crippen LogP contribution in [0.25, 0.3) is 0 Å². The molecule has 1 N–H and O–H groups in total. The van der Waals surface area contributed by atoms with Crippen LogP contribution in [0, 0.1) is 0 Å². The Balaban J connectivity index is 0.00000256. The number of likely N-dealkylation sites (N-methyl/N-ethyl adjacent to an activating group) is 1. The smallest absolute Gasteiger partial charge is 0.325 e. The summed E-state index contributed by atoms with van der Waals surface area (Å²) in [5.41, 5.74) is 0.653. The van der Waals surface area contributed by atoms with Crippen molar-refractivity contribution in [1.82, 2.24) is 4.90 Å². The second-order valence-corrected chi connectivity index (χ2v) is 3.89. The predicted octanol–water partition coefficient (Wildman–Crippen LogP) is 3.23. The molecule has 5 heteroatoms.